The number of hydrogen-bond donors (Lipinski definition) is 1. The summed E-state index contributed by atoms with van der Waals surface area (Å²) in [5.74, 6) is 0. The molecule has 1 fully saturated rings. The number of pyridine rings is 2. The highest BCUT2D eigenvalue weighted by Crippen LogP contribution is 2.16. The van der Waals surface area contributed by atoms with Gasteiger partial charge in [-0.2, -0.15) is 0 Å². The van der Waals surface area contributed by atoms with Gasteiger partial charge in [-0.1, -0.05) is 24.3 Å². The van der Waals surface area contributed by atoms with E-state index in [9.17, 15) is 4.79 Å². The van der Waals surface area contributed by atoms with Gasteiger partial charge >= 0.3 is 6.03 Å². The van der Waals surface area contributed by atoms with Crippen molar-refractivity contribution in [2.75, 3.05) is 33.2 Å². The van der Waals surface area contributed by atoms with E-state index in [1.807, 2.05) is 23.4 Å². The van der Waals surface area contributed by atoms with Gasteiger partial charge in [0.2, 0.25) is 0 Å². The van der Waals surface area contributed by atoms with Crippen molar-refractivity contribution in [3.8, 4) is 0 Å². The lowest BCUT2D eigenvalue weighted by atomic mass is 10.1. The average molecular weight is 375 g/mol. The number of carbonyl (C=O) groups is 1. The van der Waals surface area contributed by atoms with Gasteiger partial charge in [-0.05, 0) is 29.1 Å². The quantitative estimate of drug-likeness (QED) is 0.762. The summed E-state index contributed by atoms with van der Waals surface area (Å²) in [4.78, 5) is 25.1. The Kier molecular flexibility index (Phi) is 5.48. The third-order valence-corrected chi connectivity index (χ3v) is 5.21. The van der Waals surface area contributed by atoms with Crippen LogP contribution in [0.25, 0.3) is 10.8 Å². The Morgan fingerprint density at radius 3 is 2.54 bits per heavy atom. The van der Waals surface area contributed by atoms with Crippen molar-refractivity contribution in [3.05, 3.63) is 71.8 Å². The molecular weight excluding hydrogens is 350 g/mol. The molecule has 3 heterocycles. The van der Waals surface area contributed by atoms with Gasteiger partial charge in [0.1, 0.15) is 0 Å². The van der Waals surface area contributed by atoms with Gasteiger partial charge in [0.15, 0.2) is 0 Å². The van der Waals surface area contributed by atoms with Crippen molar-refractivity contribution in [1.29, 1.82) is 0 Å². The molecular formula is C22H25N5O. The van der Waals surface area contributed by atoms with Crippen LogP contribution in [0.1, 0.15) is 17.0 Å². The third-order valence-electron chi connectivity index (χ3n) is 5.21. The standard InChI is InChI=1S/C22H25N5O/c1-23-22(28)27-10-8-26(9-11-27)16-17-6-7-24-20(12-17)14-21-13-18-4-2-3-5-19(18)15-25-21/h2-7,12-13,15H,8-11,14,16H2,1H3,(H,23,28). The Morgan fingerprint density at radius 1 is 1.00 bits per heavy atom. The number of hydrogen-bond acceptors (Lipinski definition) is 4. The van der Waals surface area contributed by atoms with E-state index in [1.54, 1.807) is 7.05 Å². The molecule has 1 N–H and O–H groups in total. The van der Waals surface area contributed by atoms with E-state index < -0.39 is 0 Å². The largest absolute Gasteiger partial charge is 0.341 e. The first-order valence-electron chi connectivity index (χ1n) is 9.68. The van der Waals surface area contributed by atoms with Crippen LogP contribution in [0.5, 0.6) is 0 Å². The normalized spacial score (nSPS) is 15.0. The summed E-state index contributed by atoms with van der Waals surface area (Å²) in [5.41, 5.74) is 3.31. The molecule has 144 valence electrons. The SMILES string of the molecule is CNC(=O)N1CCN(Cc2ccnc(Cc3cc4ccccc4cn3)c2)CC1. The summed E-state index contributed by atoms with van der Waals surface area (Å²) < 4.78 is 0. The van der Waals surface area contributed by atoms with E-state index >= 15 is 0 Å². The van der Waals surface area contributed by atoms with Gasteiger partial charge in [0, 0.05) is 75.4 Å². The molecule has 0 spiro atoms. The van der Waals surface area contributed by atoms with Crippen LogP contribution in [0.2, 0.25) is 0 Å². The number of nitrogens with zero attached hydrogens (tertiary/aromatic N) is 4. The average Bonchev–Trinajstić information content (AvgIpc) is 2.74. The fraction of sp³-hybridized carbons (Fsp3) is 0.318. The van der Waals surface area contributed by atoms with E-state index in [0.717, 1.165) is 55.9 Å². The van der Waals surface area contributed by atoms with Crippen molar-refractivity contribution < 1.29 is 4.79 Å². The first-order valence-corrected chi connectivity index (χ1v) is 9.68. The molecule has 28 heavy (non-hydrogen) atoms. The van der Waals surface area contributed by atoms with Gasteiger partial charge in [0.25, 0.3) is 0 Å². The number of carbonyl (C=O) groups excluding carboxylic acids is 1. The summed E-state index contributed by atoms with van der Waals surface area (Å²) >= 11 is 0. The predicted molar refractivity (Wildman–Crippen MR) is 110 cm³/mol. The zero-order chi connectivity index (χ0) is 19.3. The van der Waals surface area contributed by atoms with Crippen molar-refractivity contribution >= 4 is 16.8 Å². The third kappa shape index (κ3) is 4.28. The fourth-order valence-corrected chi connectivity index (χ4v) is 3.66. The van der Waals surface area contributed by atoms with Crippen LogP contribution in [0.3, 0.4) is 0 Å². The number of fused-ring (bicyclic) bond motifs is 1. The topological polar surface area (TPSA) is 61.4 Å². The molecule has 0 bridgehead atoms. The Morgan fingerprint density at radius 2 is 1.75 bits per heavy atom. The predicted octanol–water partition coefficient (Wildman–Crippen LogP) is 2.68. The summed E-state index contributed by atoms with van der Waals surface area (Å²) in [6.45, 7) is 4.17. The lowest BCUT2D eigenvalue weighted by Gasteiger charge is -2.34. The maximum atomic E-state index is 11.7. The molecule has 6 heteroatoms. The van der Waals surface area contributed by atoms with Gasteiger partial charge in [-0.25, -0.2) is 4.79 Å². The number of nitrogens with one attached hydrogen (secondary N) is 1. The van der Waals surface area contributed by atoms with E-state index in [0.29, 0.717) is 0 Å². The first-order chi connectivity index (χ1) is 13.7. The Balaban J connectivity index is 1.39. The van der Waals surface area contributed by atoms with E-state index in [-0.39, 0.29) is 6.03 Å². The summed E-state index contributed by atoms with van der Waals surface area (Å²) in [7, 11) is 1.68. The smallest absolute Gasteiger partial charge is 0.317 e. The number of piperazine rings is 1. The van der Waals surface area contributed by atoms with Crippen LogP contribution in [-0.2, 0) is 13.0 Å². The zero-order valence-electron chi connectivity index (χ0n) is 16.1. The molecule has 1 aliphatic heterocycles. The van der Waals surface area contributed by atoms with Crippen molar-refractivity contribution in [2.45, 2.75) is 13.0 Å². The minimum Gasteiger partial charge on any atom is -0.341 e. The van der Waals surface area contributed by atoms with Gasteiger partial charge in [0.05, 0.1) is 0 Å². The van der Waals surface area contributed by atoms with Crippen molar-refractivity contribution in [3.63, 3.8) is 0 Å². The molecule has 0 saturated carbocycles. The van der Waals surface area contributed by atoms with E-state index in [4.69, 9.17) is 0 Å². The van der Waals surface area contributed by atoms with Crippen LogP contribution in [0, 0.1) is 0 Å². The zero-order valence-corrected chi connectivity index (χ0v) is 16.1. The monoisotopic (exact) mass is 375 g/mol. The minimum atomic E-state index is 0.00809. The van der Waals surface area contributed by atoms with Crippen LogP contribution < -0.4 is 5.32 Å². The first kappa shape index (κ1) is 18.4. The number of rotatable bonds is 4. The molecule has 6 nitrogen and oxygen atoms in total. The lowest BCUT2D eigenvalue weighted by molar-refractivity contribution is 0.136. The van der Waals surface area contributed by atoms with Gasteiger partial charge < -0.3 is 10.2 Å². The molecule has 0 aliphatic carbocycles. The molecule has 3 aromatic rings. The molecule has 0 atom stereocenters. The Hall–Kier alpha value is -2.99. The molecule has 1 aromatic carbocycles. The summed E-state index contributed by atoms with van der Waals surface area (Å²) in [6, 6.07) is 14.7. The Bertz CT molecular complexity index is 966. The highest BCUT2D eigenvalue weighted by Gasteiger charge is 2.20. The van der Waals surface area contributed by atoms with Crippen LogP contribution >= 0.6 is 0 Å². The second kappa shape index (κ2) is 8.35. The fourth-order valence-electron chi connectivity index (χ4n) is 3.66. The maximum Gasteiger partial charge on any atom is 0.317 e. The van der Waals surface area contributed by atoms with Crippen molar-refractivity contribution in [1.82, 2.24) is 25.1 Å². The summed E-state index contributed by atoms with van der Waals surface area (Å²) in [5, 5.41) is 5.06. The van der Waals surface area contributed by atoms with Crippen LogP contribution in [-0.4, -0.2) is 59.0 Å². The number of amides is 2. The van der Waals surface area contributed by atoms with E-state index in [1.165, 1.54) is 10.9 Å². The van der Waals surface area contributed by atoms with E-state index in [2.05, 4.69) is 56.6 Å². The highest BCUT2D eigenvalue weighted by molar-refractivity contribution is 5.81. The number of aromatic nitrogens is 2. The van der Waals surface area contributed by atoms with Crippen LogP contribution in [0.15, 0.2) is 54.9 Å². The molecule has 0 unspecified atom stereocenters. The molecule has 4 rings (SSSR count). The van der Waals surface area contributed by atoms with Gasteiger partial charge in [-0.3, -0.25) is 14.9 Å². The molecule has 1 saturated heterocycles. The molecule has 0 radical (unpaired) electrons. The number of benzene rings is 1. The Labute approximate surface area is 165 Å². The molecule has 2 amide bonds. The lowest BCUT2D eigenvalue weighted by Crippen LogP contribution is -2.50. The van der Waals surface area contributed by atoms with Gasteiger partial charge in [-0.15, -0.1) is 0 Å². The maximum absolute atomic E-state index is 11.7. The number of urea groups is 1. The highest BCUT2D eigenvalue weighted by atomic mass is 16.2. The van der Waals surface area contributed by atoms with Crippen LogP contribution in [0.4, 0.5) is 4.79 Å². The molecule has 2 aromatic heterocycles. The second-order valence-electron chi connectivity index (χ2n) is 7.17. The molecule has 1 aliphatic rings. The summed E-state index contributed by atoms with van der Waals surface area (Å²) in [6.07, 6.45) is 4.54. The van der Waals surface area contributed by atoms with Crippen molar-refractivity contribution in [2.24, 2.45) is 0 Å². The minimum absolute atomic E-state index is 0.00809. The second-order valence-corrected chi connectivity index (χ2v) is 7.17.